The third-order valence-corrected chi connectivity index (χ3v) is 10.7. The van der Waals surface area contributed by atoms with Gasteiger partial charge in [0.05, 0.1) is 18.2 Å². The molecule has 0 spiro atoms. The highest BCUT2D eigenvalue weighted by atomic mass is 79.9. The molecule has 0 amide bonds. The number of aliphatic carboxylic acids is 1. The van der Waals surface area contributed by atoms with Crippen LogP contribution in [-0.2, 0) is 26.7 Å². The smallest absolute Gasteiger partial charge is 0.416 e. The summed E-state index contributed by atoms with van der Waals surface area (Å²) in [7, 11) is 1.21. The van der Waals surface area contributed by atoms with Crippen LogP contribution in [0.4, 0.5) is 26.3 Å². The lowest BCUT2D eigenvalue weighted by molar-refractivity contribution is -0.145. The van der Waals surface area contributed by atoms with E-state index < -0.39 is 46.3 Å². The number of rotatable bonds is 8. The van der Waals surface area contributed by atoms with Crippen molar-refractivity contribution in [1.82, 2.24) is 30.0 Å². The molecule has 12 nitrogen and oxygen atoms in total. The molecule has 0 aliphatic carbocycles. The van der Waals surface area contributed by atoms with Crippen LogP contribution < -0.4 is 4.74 Å². The summed E-state index contributed by atoms with van der Waals surface area (Å²) >= 11 is 9.74. The minimum Gasteiger partial charge on any atom is -0.506 e. The van der Waals surface area contributed by atoms with Gasteiger partial charge in [-0.25, -0.2) is 4.79 Å². The van der Waals surface area contributed by atoms with Crippen molar-refractivity contribution in [2.24, 2.45) is 0 Å². The summed E-state index contributed by atoms with van der Waals surface area (Å²) < 4.78 is 86.9. The second kappa shape index (κ2) is 23.4. The summed E-state index contributed by atoms with van der Waals surface area (Å²) in [5.74, 6) is -1.61. The van der Waals surface area contributed by atoms with Gasteiger partial charge in [0.2, 0.25) is 6.10 Å². The van der Waals surface area contributed by atoms with Crippen molar-refractivity contribution in [2.75, 3.05) is 7.11 Å². The van der Waals surface area contributed by atoms with Crippen molar-refractivity contribution < 1.29 is 55.6 Å². The highest BCUT2D eigenvalue weighted by Gasteiger charge is 2.32. The number of aromatic hydroxyl groups is 1. The number of carbonyl (C=O) groups is 2. The lowest BCUT2D eigenvalue weighted by Gasteiger charge is -2.18. The summed E-state index contributed by atoms with van der Waals surface area (Å²) in [6, 6.07) is 32.8. The van der Waals surface area contributed by atoms with Crippen molar-refractivity contribution >= 4 is 81.8 Å². The van der Waals surface area contributed by atoms with Gasteiger partial charge in [0.15, 0.2) is 0 Å². The van der Waals surface area contributed by atoms with Crippen LogP contribution in [0, 0.1) is 0 Å². The summed E-state index contributed by atoms with van der Waals surface area (Å²) in [5, 5.41) is 36.8. The Hall–Kier alpha value is -6.32. The molecule has 0 aliphatic heterocycles. The molecule has 0 radical (unpaired) electrons. The number of carboxylic acids is 1. The first-order valence-electron chi connectivity index (χ1n) is 18.2. The number of benzene rings is 6. The lowest BCUT2D eigenvalue weighted by atomic mass is 10.1. The molecule has 0 saturated carbocycles. The number of phenols is 1. The summed E-state index contributed by atoms with van der Waals surface area (Å²) in [6.07, 6.45) is -10.4. The van der Waals surface area contributed by atoms with Crippen LogP contribution in [0.3, 0.4) is 0 Å². The van der Waals surface area contributed by atoms with E-state index in [9.17, 15) is 46.1 Å². The number of aromatic nitrogens is 6. The number of halogens is 9. The molecule has 8 rings (SSSR count). The molecule has 8 aromatic rings. The monoisotopic (exact) mass is 1120 g/mol. The number of carbonyl (C=O) groups excluding carboxylic acids is 1. The molecule has 0 bridgehead atoms. The number of ether oxygens (including phenoxy) is 2. The SMILES string of the molecule is C.C.C.COC(=O)C(Br)c1ccc(C(F)(F)F)cc1.O=C(O)C(Oc1ccc(Br)cc1-n1nc2ccccc2n1)c1ccc(C(F)(F)F)cc1.Oc1ccc(Br)cc1-n1nc2ccccc2n1. The standard InChI is InChI=1S/C21H13BrF3N3O3.C12H8BrN3O.C10H8BrF3O2.3CH4/c22-14-9-10-18(17(11-14)28-26-15-3-1-2-4-16(15)27-28)31-19(20(29)30)12-5-7-13(8-6-12)21(23,24)25;13-8-5-6-12(17)11(7-8)16-14-9-3-1-2-4-10(9)15-16;1-16-9(15)8(11)6-2-4-7(5-3-6)10(12,13)14;;;/h1-11,19H,(H,29,30);1-7,17H;2-5,8H,1H3;3*1H4. The molecule has 2 atom stereocenters. The predicted octanol–water partition coefficient (Wildman–Crippen LogP) is 13.5. The Morgan fingerprint density at radius 2 is 0.985 bits per heavy atom. The maximum Gasteiger partial charge on any atom is 0.416 e. The zero-order valence-electron chi connectivity index (χ0n) is 32.5. The van der Waals surface area contributed by atoms with Crippen molar-refractivity contribution in [3.63, 3.8) is 0 Å². The van der Waals surface area contributed by atoms with Gasteiger partial charge in [-0.05, 0) is 90.5 Å². The molecule has 0 aliphatic rings. The van der Waals surface area contributed by atoms with Crippen LogP contribution in [0.1, 0.15) is 55.5 Å². The van der Waals surface area contributed by atoms with Gasteiger partial charge in [0.1, 0.15) is 49.8 Å². The van der Waals surface area contributed by atoms with E-state index >= 15 is 0 Å². The maximum absolute atomic E-state index is 12.8. The van der Waals surface area contributed by atoms with E-state index in [1.807, 2.05) is 36.4 Å². The van der Waals surface area contributed by atoms with Gasteiger partial charge in [-0.1, -0.05) is 119 Å². The van der Waals surface area contributed by atoms with Gasteiger partial charge < -0.3 is 19.7 Å². The van der Waals surface area contributed by atoms with Crippen LogP contribution in [0.2, 0.25) is 0 Å². The Kier molecular flexibility index (Phi) is 19.2. The van der Waals surface area contributed by atoms with E-state index in [4.69, 9.17) is 4.74 Å². The van der Waals surface area contributed by atoms with E-state index in [2.05, 4.69) is 72.9 Å². The summed E-state index contributed by atoms with van der Waals surface area (Å²) in [5.41, 5.74) is 2.63. The molecule has 2 N–H and O–H groups in total. The van der Waals surface area contributed by atoms with Crippen molar-refractivity contribution in [3.8, 4) is 22.9 Å². The average molecular weight is 1130 g/mol. The maximum atomic E-state index is 12.8. The summed E-state index contributed by atoms with van der Waals surface area (Å²) in [4.78, 5) is 25.0. The van der Waals surface area contributed by atoms with E-state index in [1.54, 1.807) is 42.5 Å². The number of fused-ring (bicyclic) bond motifs is 2. The molecule has 21 heteroatoms. The predicted molar refractivity (Wildman–Crippen MR) is 253 cm³/mol. The van der Waals surface area contributed by atoms with E-state index in [1.165, 1.54) is 34.9 Å². The number of carboxylic acid groups (broad SMARTS) is 1. The quantitative estimate of drug-likeness (QED) is 0.0853. The zero-order chi connectivity index (χ0) is 46.3. The number of alkyl halides is 7. The normalized spacial score (nSPS) is 11.8. The molecule has 2 heterocycles. The van der Waals surface area contributed by atoms with Crippen molar-refractivity contribution in [1.29, 1.82) is 0 Å². The van der Waals surface area contributed by atoms with Crippen LogP contribution in [-0.4, -0.2) is 59.2 Å². The van der Waals surface area contributed by atoms with Gasteiger partial charge >= 0.3 is 24.3 Å². The lowest BCUT2D eigenvalue weighted by Crippen LogP contribution is -2.19. The Labute approximate surface area is 405 Å². The molecule has 0 fully saturated rings. The summed E-state index contributed by atoms with van der Waals surface area (Å²) in [6.45, 7) is 0. The molecule has 2 unspecified atom stereocenters. The van der Waals surface area contributed by atoms with Gasteiger partial charge in [-0.15, -0.1) is 30.0 Å². The number of nitrogens with zero attached hydrogens (tertiary/aromatic N) is 6. The van der Waals surface area contributed by atoms with Crippen LogP contribution in [0.25, 0.3) is 33.4 Å². The fourth-order valence-corrected chi connectivity index (χ4v) is 6.84. The zero-order valence-corrected chi connectivity index (χ0v) is 37.2. The first-order chi connectivity index (χ1) is 30.3. The van der Waals surface area contributed by atoms with Gasteiger partial charge in [-0.3, -0.25) is 4.79 Å². The fourth-order valence-electron chi connectivity index (χ4n) is 5.65. The van der Waals surface area contributed by atoms with Gasteiger partial charge in [0.25, 0.3) is 0 Å². The number of phenolic OH excluding ortho intramolecular Hbond substituents is 1. The highest BCUT2D eigenvalue weighted by Crippen LogP contribution is 2.35. The van der Waals surface area contributed by atoms with E-state index in [0.29, 0.717) is 32.4 Å². The molecular weight excluding hydrogens is 1090 g/mol. The van der Waals surface area contributed by atoms with Gasteiger partial charge in [0, 0.05) is 14.5 Å². The Morgan fingerprint density at radius 1 is 0.597 bits per heavy atom. The third kappa shape index (κ3) is 13.9. The first kappa shape index (κ1) is 55.0. The molecule has 67 heavy (non-hydrogen) atoms. The van der Waals surface area contributed by atoms with Crippen LogP contribution in [0.5, 0.6) is 11.5 Å². The van der Waals surface area contributed by atoms with Crippen LogP contribution >= 0.6 is 47.8 Å². The number of methoxy groups -OCH3 is 1. The Morgan fingerprint density at radius 3 is 1.39 bits per heavy atom. The molecular formula is C46H41Br3F6N6O6. The van der Waals surface area contributed by atoms with E-state index in [-0.39, 0.29) is 39.3 Å². The topological polar surface area (TPSA) is 154 Å². The molecule has 2 aromatic heterocycles. The molecule has 6 aromatic carbocycles. The Bertz CT molecular complexity index is 2850. The number of esters is 1. The second-order valence-corrected chi connectivity index (χ2v) is 15.9. The minimum atomic E-state index is -4.52. The van der Waals surface area contributed by atoms with Crippen LogP contribution in [0.15, 0.2) is 142 Å². The van der Waals surface area contributed by atoms with Crippen molar-refractivity contribution in [2.45, 2.75) is 45.6 Å². The number of hydrogen-bond donors (Lipinski definition) is 2. The highest BCUT2D eigenvalue weighted by molar-refractivity contribution is 9.10. The third-order valence-electron chi connectivity index (χ3n) is 8.81. The van der Waals surface area contributed by atoms with Crippen molar-refractivity contribution in [3.05, 3.63) is 165 Å². The minimum absolute atomic E-state index is 0. The second-order valence-electron chi connectivity index (χ2n) is 13.2. The first-order valence-corrected chi connectivity index (χ1v) is 20.7. The average Bonchev–Trinajstić information content (AvgIpc) is 3.91. The van der Waals surface area contributed by atoms with Gasteiger partial charge in [-0.2, -0.15) is 26.3 Å². The molecule has 354 valence electrons. The van der Waals surface area contributed by atoms with E-state index in [0.717, 1.165) is 51.9 Å². The fraction of sp³-hybridized carbons (Fsp3) is 0.174. The largest absolute Gasteiger partial charge is 0.506 e. The Balaban J connectivity index is 0.000000283. The molecule has 0 saturated heterocycles. The number of hydrogen-bond acceptors (Lipinski definition) is 9.